The van der Waals surface area contributed by atoms with E-state index in [1.165, 1.54) is 30.2 Å². The van der Waals surface area contributed by atoms with Gasteiger partial charge in [-0.05, 0) is 36.1 Å². The van der Waals surface area contributed by atoms with Gasteiger partial charge in [-0.15, -0.1) is 0 Å². The molecule has 2 aromatic rings. The number of rotatable bonds is 13. The summed E-state index contributed by atoms with van der Waals surface area (Å²) in [5.74, 6) is 0.513. The van der Waals surface area contributed by atoms with Crippen molar-refractivity contribution in [2.75, 3.05) is 27.4 Å². The van der Waals surface area contributed by atoms with Crippen molar-refractivity contribution in [1.82, 2.24) is 10.2 Å². The molecule has 10 heteroatoms. The summed E-state index contributed by atoms with van der Waals surface area (Å²) >= 11 is 0. The predicted molar refractivity (Wildman–Crippen MR) is 131 cm³/mol. The summed E-state index contributed by atoms with van der Waals surface area (Å²) in [5, 5.41) is 14.0. The van der Waals surface area contributed by atoms with Crippen molar-refractivity contribution in [1.29, 1.82) is 0 Å². The summed E-state index contributed by atoms with van der Waals surface area (Å²) in [6.45, 7) is 6.14. The highest BCUT2D eigenvalue weighted by atomic mass is 16.6. The minimum absolute atomic E-state index is 0.0210. The number of nitro groups is 1. The fourth-order valence-corrected chi connectivity index (χ4v) is 3.44. The molecule has 2 aromatic carbocycles. The molecular formula is C25H33N3O7. The average molecular weight is 488 g/mol. The Kier molecular flexibility index (Phi) is 10.3. The van der Waals surface area contributed by atoms with Crippen molar-refractivity contribution in [2.45, 2.75) is 39.8 Å². The predicted octanol–water partition coefficient (Wildman–Crippen LogP) is 3.57. The van der Waals surface area contributed by atoms with Crippen LogP contribution in [0.25, 0.3) is 0 Å². The highest BCUT2D eigenvalue weighted by molar-refractivity contribution is 5.88. The summed E-state index contributed by atoms with van der Waals surface area (Å²) in [7, 11) is 2.87. The lowest BCUT2D eigenvalue weighted by Gasteiger charge is -2.31. The van der Waals surface area contributed by atoms with E-state index in [1.54, 1.807) is 19.2 Å². The molecule has 1 N–H and O–H groups in total. The lowest BCUT2D eigenvalue weighted by Crippen LogP contribution is -2.50. The second kappa shape index (κ2) is 13.2. The van der Waals surface area contributed by atoms with Crippen LogP contribution in [0.1, 0.15) is 32.8 Å². The fraction of sp³-hybridized carbons (Fsp3) is 0.440. The Hall–Kier alpha value is -3.82. The van der Waals surface area contributed by atoms with Gasteiger partial charge in [-0.1, -0.05) is 32.9 Å². The molecule has 1 atom stereocenters. The Morgan fingerprint density at radius 3 is 2.43 bits per heavy atom. The van der Waals surface area contributed by atoms with Gasteiger partial charge in [0.1, 0.15) is 17.5 Å². The summed E-state index contributed by atoms with van der Waals surface area (Å²) < 4.78 is 16.0. The van der Waals surface area contributed by atoms with Crippen LogP contribution in [0, 0.1) is 16.0 Å². The standard InChI is InChI=1S/C25H33N3O7/c1-6-21(25(30)26-14-17(2)3)27(15-18-8-7-9-19(12-18)33-4)24(29)16-35-20-10-11-22(28(31)32)23(13-20)34-5/h7-13,17,21H,6,14-16H2,1-5H3,(H,26,30)/t21-/m0/s1. The molecule has 190 valence electrons. The molecule has 2 amide bonds. The van der Waals surface area contributed by atoms with E-state index >= 15 is 0 Å². The van der Waals surface area contributed by atoms with Gasteiger partial charge in [-0.3, -0.25) is 19.7 Å². The first-order chi connectivity index (χ1) is 16.7. The molecule has 0 unspecified atom stereocenters. The van der Waals surface area contributed by atoms with Crippen molar-refractivity contribution in [3.8, 4) is 17.2 Å². The second-order valence-electron chi connectivity index (χ2n) is 8.32. The molecule has 0 fully saturated rings. The zero-order valence-electron chi connectivity index (χ0n) is 20.8. The van der Waals surface area contributed by atoms with E-state index in [0.717, 1.165) is 5.56 Å². The third-order valence-electron chi connectivity index (χ3n) is 5.27. The van der Waals surface area contributed by atoms with E-state index < -0.39 is 16.9 Å². The number of ether oxygens (including phenoxy) is 3. The smallest absolute Gasteiger partial charge is 0.311 e. The van der Waals surface area contributed by atoms with Gasteiger partial charge in [-0.2, -0.15) is 0 Å². The monoisotopic (exact) mass is 487 g/mol. The number of amides is 2. The van der Waals surface area contributed by atoms with Gasteiger partial charge in [-0.25, -0.2) is 0 Å². The molecule has 2 rings (SSSR count). The molecule has 10 nitrogen and oxygen atoms in total. The van der Waals surface area contributed by atoms with E-state index in [0.29, 0.717) is 18.7 Å². The molecule has 0 saturated heterocycles. The minimum Gasteiger partial charge on any atom is -0.497 e. The van der Waals surface area contributed by atoms with Gasteiger partial charge < -0.3 is 24.4 Å². The maximum absolute atomic E-state index is 13.3. The number of hydrogen-bond acceptors (Lipinski definition) is 7. The molecule has 0 radical (unpaired) electrons. The fourth-order valence-electron chi connectivity index (χ4n) is 3.44. The second-order valence-corrected chi connectivity index (χ2v) is 8.32. The quantitative estimate of drug-likeness (QED) is 0.339. The highest BCUT2D eigenvalue weighted by Gasteiger charge is 2.29. The van der Waals surface area contributed by atoms with Crippen LogP contribution >= 0.6 is 0 Å². The molecule has 0 aliphatic rings. The Balaban J connectivity index is 2.26. The maximum atomic E-state index is 13.3. The van der Waals surface area contributed by atoms with Crippen LogP contribution in [0.4, 0.5) is 5.69 Å². The number of methoxy groups -OCH3 is 2. The number of carbonyl (C=O) groups excluding carboxylic acids is 2. The first-order valence-electron chi connectivity index (χ1n) is 11.3. The van der Waals surface area contributed by atoms with E-state index in [-0.39, 0.29) is 42.2 Å². The van der Waals surface area contributed by atoms with E-state index in [9.17, 15) is 19.7 Å². The number of carbonyl (C=O) groups is 2. The van der Waals surface area contributed by atoms with Crippen molar-refractivity contribution < 1.29 is 28.7 Å². The molecule has 0 heterocycles. The van der Waals surface area contributed by atoms with Gasteiger partial charge in [0.2, 0.25) is 11.7 Å². The van der Waals surface area contributed by atoms with E-state index in [2.05, 4.69) is 5.32 Å². The topological polar surface area (TPSA) is 120 Å². The van der Waals surface area contributed by atoms with Crippen LogP contribution < -0.4 is 19.5 Å². The summed E-state index contributed by atoms with van der Waals surface area (Å²) in [6, 6.07) is 10.6. The molecule has 0 saturated carbocycles. The Morgan fingerprint density at radius 1 is 1.09 bits per heavy atom. The third kappa shape index (κ3) is 7.87. The summed E-state index contributed by atoms with van der Waals surface area (Å²) in [4.78, 5) is 38.3. The Bertz CT molecular complexity index is 1030. The number of nitro benzene ring substituents is 1. The lowest BCUT2D eigenvalue weighted by atomic mass is 10.1. The van der Waals surface area contributed by atoms with Crippen LogP contribution in [-0.4, -0.2) is 55.1 Å². The van der Waals surface area contributed by atoms with E-state index in [4.69, 9.17) is 14.2 Å². The number of benzene rings is 2. The number of nitrogens with zero attached hydrogens (tertiary/aromatic N) is 2. The maximum Gasteiger partial charge on any atom is 0.311 e. The van der Waals surface area contributed by atoms with Crippen molar-refractivity contribution in [2.24, 2.45) is 5.92 Å². The van der Waals surface area contributed by atoms with Crippen molar-refractivity contribution in [3.63, 3.8) is 0 Å². The van der Waals surface area contributed by atoms with Crippen LogP contribution in [0.3, 0.4) is 0 Å². The van der Waals surface area contributed by atoms with Crippen molar-refractivity contribution in [3.05, 3.63) is 58.1 Å². The van der Waals surface area contributed by atoms with Crippen LogP contribution in [0.2, 0.25) is 0 Å². The summed E-state index contributed by atoms with van der Waals surface area (Å²) in [6.07, 6.45) is 0.408. The SMILES string of the molecule is CC[C@@H](C(=O)NCC(C)C)N(Cc1cccc(OC)c1)C(=O)COc1ccc([N+](=O)[O-])c(OC)c1. The van der Waals surface area contributed by atoms with Crippen molar-refractivity contribution >= 4 is 17.5 Å². The molecule has 0 spiro atoms. The van der Waals surface area contributed by atoms with Gasteiger partial charge >= 0.3 is 5.69 Å². The molecule has 0 aromatic heterocycles. The minimum atomic E-state index is -0.706. The molecule has 0 aliphatic carbocycles. The molecule has 0 aliphatic heterocycles. The first kappa shape index (κ1) is 27.4. The zero-order valence-corrected chi connectivity index (χ0v) is 20.8. The van der Waals surface area contributed by atoms with Gasteiger partial charge in [0.05, 0.1) is 19.1 Å². The Labute approximate surface area is 205 Å². The average Bonchev–Trinajstić information content (AvgIpc) is 2.85. The summed E-state index contributed by atoms with van der Waals surface area (Å²) in [5.41, 5.74) is 0.587. The molecular weight excluding hydrogens is 454 g/mol. The first-order valence-corrected chi connectivity index (χ1v) is 11.3. The van der Waals surface area contributed by atoms with Gasteiger partial charge in [0.25, 0.3) is 5.91 Å². The normalized spacial score (nSPS) is 11.5. The largest absolute Gasteiger partial charge is 0.497 e. The molecule has 35 heavy (non-hydrogen) atoms. The lowest BCUT2D eigenvalue weighted by molar-refractivity contribution is -0.385. The zero-order chi connectivity index (χ0) is 26.0. The highest BCUT2D eigenvalue weighted by Crippen LogP contribution is 2.30. The van der Waals surface area contributed by atoms with E-state index in [1.807, 2.05) is 32.9 Å². The van der Waals surface area contributed by atoms with Gasteiger partial charge in [0, 0.05) is 25.2 Å². The number of nitrogens with one attached hydrogen (secondary N) is 1. The molecule has 0 bridgehead atoms. The third-order valence-corrected chi connectivity index (χ3v) is 5.27. The Morgan fingerprint density at radius 2 is 1.83 bits per heavy atom. The van der Waals surface area contributed by atoms with Gasteiger partial charge in [0.15, 0.2) is 6.61 Å². The van der Waals surface area contributed by atoms with Crippen LogP contribution in [0.15, 0.2) is 42.5 Å². The number of hydrogen-bond donors (Lipinski definition) is 1. The van der Waals surface area contributed by atoms with Crippen LogP contribution in [0.5, 0.6) is 17.2 Å². The van der Waals surface area contributed by atoms with Crippen LogP contribution in [-0.2, 0) is 16.1 Å².